The standard InChI is InChI=1S/C28H33F3N4O2/c1-18-21(7-6-8-23(18)28(29,30)31)19(2)33-25-11-12-32-24-10-9-20(17-22(24)25)34-13-15-35(16-14-34)26(36)37-27(3,4)5/h6-12,17,19H,13-16H2,1-5H3,(H,32,33)/t19-/m1/s1. The molecule has 198 valence electrons. The van der Waals surface area contributed by atoms with Gasteiger partial charge in [-0.05, 0) is 76.1 Å². The van der Waals surface area contributed by atoms with E-state index in [1.807, 2.05) is 52.0 Å². The molecule has 1 amide bonds. The van der Waals surface area contributed by atoms with E-state index in [4.69, 9.17) is 4.74 Å². The number of pyridine rings is 1. The number of hydrogen-bond acceptors (Lipinski definition) is 5. The lowest BCUT2D eigenvalue weighted by atomic mass is 9.97. The van der Waals surface area contributed by atoms with E-state index in [1.54, 1.807) is 17.2 Å². The minimum atomic E-state index is -4.40. The Kier molecular flexibility index (Phi) is 7.26. The molecular formula is C28H33F3N4O2. The fraction of sp³-hybridized carbons (Fsp3) is 0.429. The van der Waals surface area contributed by atoms with E-state index >= 15 is 0 Å². The van der Waals surface area contributed by atoms with Crippen LogP contribution in [-0.4, -0.2) is 47.8 Å². The highest BCUT2D eigenvalue weighted by atomic mass is 19.4. The maximum Gasteiger partial charge on any atom is 0.416 e. The van der Waals surface area contributed by atoms with Gasteiger partial charge in [-0.25, -0.2) is 4.79 Å². The molecule has 1 aliphatic rings. The minimum absolute atomic E-state index is 0.219. The Morgan fingerprint density at radius 1 is 1.05 bits per heavy atom. The van der Waals surface area contributed by atoms with Crippen LogP contribution in [0.25, 0.3) is 10.9 Å². The van der Waals surface area contributed by atoms with E-state index < -0.39 is 17.3 Å². The second-order valence-electron chi connectivity index (χ2n) is 10.4. The lowest BCUT2D eigenvalue weighted by Crippen LogP contribution is -2.50. The maximum atomic E-state index is 13.4. The summed E-state index contributed by atoms with van der Waals surface area (Å²) in [7, 11) is 0. The number of carbonyl (C=O) groups is 1. The van der Waals surface area contributed by atoms with Crippen molar-refractivity contribution in [3.63, 3.8) is 0 Å². The number of ether oxygens (including phenoxy) is 1. The predicted molar refractivity (Wildman–Crippen MR) is 140 cm³/mol. The first-order chi connectivity index (χ1) is 17.3. The van der Waals surface area contributed by atoms with Gasteiger partial charge in [-0.15, -0.1) is 0 Å². The average Bonchev–Trinajstić information content (AvgIpc) is 2.82. The van der Waals surface area contributed by atoms with Crippen LogP contribution in [-0.2, 0) is 10.9 Å². The van der Waals surface area contributed by atoms with Crippen LogP contribution in [0.4, 0.5) is 29.3 Å². The number of hydrogen-bond donors (Lipinski definition) is 1. The van der Waals surface area contributed by atoms with Gasteiger partial charge in [-0.3, -0.25) is 4.98 Å². The second-order valence-corrected chi connectivity index (χ2v) is 10.4. The van der Waals surface area contributed by atoms with Gasteiger partial charge in [0.05, 0.1) is 11.1 Å². The van der Waals surface area contributed by atoms with Crippen LogP contribution in [0.2, 0.25) is 0 Å². The first-order valence-electron chi connectivity index (χ1n) is 12.4. The Hall–Kier alpha value is -3.49. The van der Waals surface area contributed by atoms with Crippen molar-refractivity contribution in [2.45, 2.75) is 52.4 Å². The molecule has 4 rings (SSSR count). The van der Waals surface area contributed by atoms with Gasteiger partial charge in [0.2, 0.25) is 0 Å². The number of halogens is 3. The van der Waals surface area contributed by atoms with Crippen LogP contribution in [0.15, 0.2) is 48.7 Å². The van der Waals surface area contributed by atoms with Crippen LogP contribution in [0.5, 0.6) is 0 Å². The van der Waals surface area contributed by atoms with Crippen molar-refractivity contribution in [1.82, 2.24) is 9.88 Å². The molecule has 0 spiro atoms. The Labute approximate surface area is 215 Å². The van der Waals surface area contributed by atoms with Crippen molar-refractivity contribution in [2.24, 2.45) is 0 Å². The predicted octanol–water partition coefficient (Wildman–Crippen LogP) is 6.79. The molecule has 2 heterocycles. The van der Waals surface area contributed by atoms with E-state index in [9.17, 15) is 18.0 Å². The number of alkyl halides is 3. The summed E-state index contributed by atoms with van der Waals surface area (Å²) in [6, 6.07) is 11.8. The molecule has 1 fully saturated rings. The zero-order valence-electron chi connectivity index (χ0n) is 21.8. The molecule has 6 nitrogen and oxygen atoms in total. The molecule has 1 aromatic heterocycles. The lowest BCUT2D eigenvalue weighted by molar-refractivity contribution is -0.138. The van der Waals surface area contributed by atoms with E-state index in [0.29, 0.717) is 31.7 Å². The molecule has 0 radical (unpaired) electrons. The summed E-state index contributed by atoms with van der Waals surface area (Å²) in [5.41, 5.74) is 2.23. The number of nitrogens with zero attached hydrogens (tertiary/aromatic N) is 3. The van der Waals surface area contributed by atoms with Gasteiger partial charge in [-0.1, -0.05) is 12.1 Å². The molecule has 1 atom stereocenters. The molecule has 1 aliphatic heterocycles. The monoisotopic (exact) mass is 514 g/mol. The van der Waals surface area contributed by atoms with Crippen LogP contribution in [0.3, 0.4) is 0 Å². The van der Waals surface area contributed by atoms with Crippen molar-refractivity contribution in [2.75, 3.05) is 36.4 Å². The number of amides is 1. The Bertz CT molecular complexity index is 1280. The molecular weight excluding hydrogens is 481 g/mol. The number of aromatic nitrogens is 1. The summed E-state index contributed by atoms with van der Waals surface area (Å²) in [6.07, 6.45) is -3.01. The molecule has 0 saturated carbocycles. The number of piperazine rings is 1. The van der Waals surface area contributed by atoms with Gasteiger partial charge in [-0.2, -0.15) is 13.2 Å². The zero-order valence-corrected chi connectivity index (χ0v) is 21.8. The Morgan fingerprint density at radius 2 is 1.76 bits per heavy atom. The Balaban J connectivity index is 1.53. The number of nitrogens with one attached hydrogen (secondary N) is 1. The smallest absolute Gasteiger partial charge is 0.416 e. The molecule has 0 unspecified atom stereocenters. The third-order valence-electron chi connectivity index (χ3n) is 6.54. The zero-order chi connectivity index (χ0) is 27.0. The number of rotatable bonds is 4. The summed E-state index contributed by atoms with van der Waals surface area (Å²) >= 11 is 0. The van der Waals surface area contributed by atoms with Crippen LogP contribution >= 0.6 is 0 Å². The van der Waals surface area contributed by atoms with Crippen LogP contribution in [0, 0.1) is 6.92 Å². The molecule has 0 aliphatic carbocycles. The number of anilines is 2. The summed E-state index contributed by atoms with van der Waals surface area (Å²) in [6.45, 7) is 11.3. The highest BCUT2D eigenvalue weighted by Gasteiger charge is 2.33. The quantitative estimate of drug-likeness (QED) is 0.415. The largest absolute Gasteiger partial charge is 0.444 e. The summed E-state index contributed by atoms with van der Waals surface area (Å²) in [4.78, 5) is 20.8. The molecule has 1 saturated heterocycles. The van der Waals surface area contributed by atoms with Crippen molar-refractivity contribution in [3.8, 4) is 0 Å². The third kappa shape index (κ3) is 6.09. The minimum Gasteiger partial charge on any atom is -0.444 e. The van der Waals surface area contributed by atoms with Gasteiger partial charge in [0.15, 0.2) is 0 Å². The number of carbonyl (C=O) groups excluding carboxylic acids is 1. The van der Waals surface area contributed by atoms with Crippen molar-refractivity contribution < 1.29 is 22.7 Å². The molecule has 37 heavy (non-hydrogen) atoms. The van der Waals surface area contributed by atoms with Gasteiger partial charge < -0.3 is 19.9 Å². The van der Waals surface area contributed by atoms with Gasteiger partial charge in [0.25, 0.3) is 0 Å². The molecule has 2 aromatic carbocycles. The maximum absolute atomic E-state index is 13.4. The van der Waals surface area contributed by atoms with E-state index in [0.717, 1.165) is 28.3 Å². The average molecular weight is 515 g/mol. The molecule has 3 aromatic rings. The van der Waals surface area contributed by atoms with E-state index in [1.165, 1.54) is 13.0 Å². The second kappa shape index (κ2) is 10.1. The van der Waals surface area contributed by atoms with Gasteiger partial charge >= 0.3 is 12.3 Å². The van der Waals surface area contributed by atoms with Crippen molar-refractivity contribution in [3.05, 3.63) is 65.4 Å². The third-order valence-corrected chi connectivity index (χ3v) is 6.54. The lowest BCUT2D eigenvalue weighted by Gasteiger charge is -2.36. The van der Waals surface area contributed by atoms with Gasteiger partial charge in [0.1, 0.15) is 5.60 Å². The van der Waals surface area contributed by atoms with Crippen molar-refractivity contribution in [1.29, 1.82) is 0 Å². The van der Waals surface area contributed by atoms with E-state index in [-0.39, 0.29) is 17.7 Å². The van der Waals surface area contributed by atoms with E-state index in [2.05, 4.69) is 15.2 Å². The first kappa shape index (κ1) is 26.6. The van der Waals surface area contributed by atoms with Gasteiger partial charge in [0, 0.05) is 55.2 Å². The highest BCUT2D eigenvalue weighted by molar-refractivity contribution is 5.93. The normalized spacial score (nSPS) is 15.6. The first-order valence-corrected chi connectivity index (χ1v) is 12.4. The summed E-state index contributed by atoms with van der Waals surface area (Å²) < 4.78 is 45.8. The van der Waals surface area contributed by atoms with Crippen LogP contribution < -0.4 is 10.2 Å². The fourth-order valence-corrected chi connectivity index (χ4v) is 4.67. The number of benzene rings is 2. The molecule has 1 N–H and O–H groups in total. The SMILES string of the molecule is Cc1c([C@@H](C)Nc2ccnc3ccc(N4CCN(C(=O)OC(C)(C)C)CC4)cc23)cccc1C(F)(F)F. The summed E-state index contributed by atoms with van der Waals surface area (Å²) in [5, 5.41) is 4.28. The fourth-order valence-electron chi connectivity index (χ4n) is 4.67. The topological polar surface area (TPSA) is 57.7 Å². The molecule has 0 bridgehead atoms. The Morgan fingerprint density at radius 3 is 2.41 bits per heavy atom. The molecule has 9 heteroatoms. The summed E-state index contributed by atoms with van der Waals surface area (Å²) in [5.74, 6) is 0. The highest BCUT2D eigenvalue weighted by Crippen LogP contribution is 2.36. The number of fused-ring (bicyclic) bond motifs is 1. The van der Waals surface area contributed by atoms with Crippen molar-refractivity contribution >= 4 is 28.4 Å². The van der Waals surface area contributed by atoms with Crippen LogP contribution in [0.1, 0.15) is 50.4 Å².